The molecule has 5 nitrogen and oxygen atoms in total. The van der Waals surface area contributed by atoms with Crippen molar-refractivity contribution in [3.63, 3.8) is 0 Å². The van der Waals surface area contributed by atoms with E-state index in [1.54, 1.807) is 7.11 Å². The second-order valence-electron chi connectivity index (χ2n) is 8.14. The molecule has 1 aliphatic carbocycles. The third-order valence-corrected chi connectivity index (χ3v) is 6.12. The summed E-state index contributed by atoms with van der Waals surface area (Å²) in [5.74, 6) is 0.742. The highest BCUT2D eigenvalue weighted by Gasteiger charge is 2.44. The highest BCUT2D eigenvalue weighted by molar-refractivity contribution is 5.76. The lowest BCUT2D eigenvalue weighted by Crippen LogP contribution is -2.39. The van der Waals surface area contributed by atoms with Crippen molar-refractivity contribution in [2.75, 3.05) is 13.7 Å². The smallest absolute Gasteiger partial charge is 0.309 e. The van der Waals surface area contributed by atoms with Gasteiger partial charge >= 0.3 is 5.97 Å². The maximum Gasteiger partial charge on any atom is 0.309 e. The second kappa shape index (κ2) is 9.21. The zero-order chi connectivity index (χ0) is 21.7. The fourth-order valence-corrected chi connectivity index (χ4v) is 3.99. The van der Waals surface area contributed by atoms with Crippen molar-refractivity contribution < 1.29 is 19.4 Å². The van der Waals surface area contributed by atoms with Gasteiger partial charge in [-0.1, -0.05) is 42.8 Å². The van der Waals surface area contributed by atoms with Crippen molar-refractivity contribution in [3.05, 3.63) is 78.0 Å². The minimum absolute atomic E-state index is 0.559. The van der Waals surface area contributed by atoms with E-state index in [1.807, 2.05) is 42.6 Å². The normalized spacial score (nSPS) is 14.5. The van der Waals surface area contributed by atoms with Gasteiger partial charge in [0.2, 0.25) is 5.88 Å². The van der Waals surface area contributed by atoms with Crippen LogP contribution >= 0.6 is 0 Å². The maximum atomic E-state index is 11.5. The van der Waals surface area contributed by atoms with Crippen molar-refractivity contribution in [3.8, 4) is 22.8 Å². The number of hydrogen-bond acceptors (Lipinski definition) is 4. The van der Waals surface area contributed by atoms with Gasteiger partial charge in [0.05, 0.1) is 19.1 Å². The lowest BCUT2D eigenvalue weighted by atomic mass is 9.65. The molecule has 1 heterocycles. The van der Waals surface area contributed by atoms with E-state index in [9.17, 15) is 9.90 Å². The van der Waals surface area contributed by atoms with E-state index < -0.39 is 11.4 Å². The molecule has 0 spiro atoms. The van der Waals surface area contributed by atoms with Gasteiger partial charge < -0.3 is 14.6 Å². The third kappa shape index (κ3) is 4.88. The molecular weight excluding hydrogens is 390 g/mol. The maximum absolute atomic E-state index is 11.5. The Morgan fingerprint density at radius 3 is 2.19 bits per heavy atom. The first-order valence-corrected chi connectivity index (χ1v) is 10.6. The summed E-state index contributed by atoms with van der Waals surface area (Å²) < 4.78 is 11.0. The molecular formula is C26H27NO4. The van der Waals surface area contributed by atoms with Gasteiger partial charge in [0.15, 0.2) is 0 Å². The van der Waals surface area contributed by atoms with Crippen molar-refractivity contribution in [1.29, 1.82) is 0 Å². The Morgan fingerprint density at radius 1 is 0.968 bits per heavy atom. The molecule has 2 aromatic carbocycles. The molecule has 1 fully saturated rings. The molecule has 5 heteroatoms. The van der Waals surface area contributed by atoms with Gasteiger partial charge in [-0.3, -0.25) is 4.79 Å². The van der Waals surface area contributed by atoms with Crippen LogP contribution in [0.15, 0.2) is 66.9 Å². The number of ether oxygens (including phenoxy) is 2. The van der Waals surface area contributed by atoms with E-state index in [0.29, 0.717) is 18.9 Å². The average Bonchev–Trinajstić information content (AvgIpc) is 2.77. The Morgan fingerprint density at radius 2 is 1.65 bits per heavy atom. The number of pyridine rings is 1. The van der Waals surface area contributed by atoms with E-state index >= 15 is 0 Å². The van der Waals surface area contributed by atoms with Crippen LogP contribution in [0.2, 0.25) is 0 Å². The quantitative estimate of drug-likeness (QED) is 0.520. The van der Waals surface area contributed by atoms with E-state index in [4.69, 9.17) is 9.47 Å². The first-order chi connectivity index (χ1) is 15.1. The minimum atomic E-state index is -0.673. The highest BCUT2D eigenvalue weighted by Crippen LogP contribution is 2.44. The molecule has 0 saturated heterocycles. The molecule has 0 radical (unpaired) electrons. The Bertz CT molecular complexity index is 1010. The van der Waals surface area contributed by atoms with E-state index in [2.05, 4.69) is 29.2 Å². The van der Waals surface area contributed by atoms with E-state index in [1.165, 1.54) is 5.56 Å². The number of aromatic nitrogens is 1. The van der Waals surface area contributed by atoms with E-state index in [-0.39, 0.29) is 0 Å². The molecule has 31 heavy (non-hydrogen) atoms. The number of nitrogens with zero attached hydrogens (tertiary/aromatic N) is 1. The topological polar surface area (TPSA) is 68.7 Å². The highest BCUT2D eigenvalue weighted by atomic mass is 16.5. The first-order valence-electron chi connectivity index (χ1n) is 10.6. The SMILES string of the molecule is COc1ccc(-c2ccc(CCOc3ccc(CC4(C(=O)O)CCC4)cc3)cc2)cn1. The number of carboxylic acid groups (broad SMARTS) is 1. The zero-order valence-electron chi connectivity index (χ0n) is 17.7. The number of rotatable bonds is 9. The second-order valence-corrected chi connectivity index (χ2v) is 8.14. The molecule has 1 saturated carbocycles. The molecule has 0 unspecified atom stereocenters. The van der Waals surface area contributed by atoms with Crippen molar-refractivity contribution in [2.24, 2.45) is 5.41 Å². The summed E-state index contributed by atoms with van der Waals surface area (Å²) in [4.78, 5) is 15.8. The Hall–Kier alpha value is -3.34. The fraction of sp³-hybridized carbons (Fsp3) is 0.308. The number of hydrogen-bond donors (Lipinski definition) is 1. The summed E-state index contributed by atoms with van der Waals surface area (Å²) in [6.07, 6.45) is 5.77. The van der Waals surface area contributed by atoms with Crippen LogP contribution in [0.1, 0.15) is 30.4 Å². The van der Waals surface area contributed by atoms with Crippen LogP contribution in [0.25, 0.3) is 11.1 Å². The molecule has 160 valence electrons. The van der Waals surface area contributed by atoms with Crippen molar-refractivity contribution in [2.45, 2.75) is 32.1 Å². The average molecular weight is 418 g/mol. The number of carbonyl (C=O) groups is 1. The van der Waals surface area contributed by atoms with Crippen LogP contribution in [0.5, 0.6) is 11.6 Å². The number of aliphatic carboxylic acids is 1. The van der Waals surface area contributed by atoms with Gasteiger partial charge in [0, 0.05) is 24.2 Å². The number of carboxylic acids is 1. The Balaban J connectivity index is 1.27. The minimum Gasteiger partial charge on any atom is -0.493 e. The summed E-state index contributed by atoms with van der Waals surface area (Å²) in [6, 6.07) is 20.1. The molecule has 1 aliphatic rings. The molecule has 0 bridgehead atoms. The lowest BCUT2D eigenvalue weighted by molar-refractivity contribution is -0.154. The van der Waals surface area contributed by atoms with Gasteiger partial charge in [-0.15, -0.1) is 0 Å². The molecule has 4 rings (SSSR count). The van der Waals surface area contributed by atoms with E-state index in [0.717, 1.165) is 48.1 Å². The third-order valence-electron chi connectivity index (χ3n) is 6.12. The standard InChI is InChI=1S/C26H27NO4/c1-30-24-12-9-22(18-27-24)21-7-3-19(4-8-21)13-16-31-23-10-5-20(6-11-23)17-26(25(28)29)14-2-15-26/h3-12,18H,2,13-17H2,1H3,(H,28,29). The van der Waals surface area contributed by atoms with Gasteiger partial charge in [-0.25, -0.2) is 4.98 Å². The van der Waals surface area contributed by atoms with Crippen LogP contribution in [0, 0.1) is 5.41 Å². The van der Waals surface area contributed by atoms with Gasteiger partial charge in [0.25, 0.3) is 0 Å². The van der Waals surface area contributed by atoms with Gasteiger partial charge in [-0.2, -0.15) is 0 Å². The molecule has 1 N–H and O–H groups in total. The molecule has 0 atom stereocenters. The van der Waals surface area contributed by atoms with Crippen LogP contribution in [-0.4, -0.2) is 29.8 Å². The monoisotopic (exact) mass is 417 g/mol. The van der Waals surface area contributed by atoms with Gasteiger partial charge in [-0.05, 0) is 54.2 Å². The lowest BCUT2D eigenvalue weighted by Gasteiger charge is -2.37. The summed E-state index contributed by atoms with van der Waals surface area (Å²) in [5.41, 5.74) is 3.86. The summed E-state index contributed by atoms with van der Waals surface area (Å²) in [7, 11) is 1.61. The predicted molar refractivity (Wildman–Crippen MR) is 119 cm³/mol. The zero-order valence-corrected chi connectivity index (χ0v) is 17.7. The van der Waals surface area contributed by atoms with Crippen LogP contribution in [-0.2, 0) is 17.6 Å². The molecule has 0 aliphatic heterocycles. The number of benzene rings is 2. The molecule has 0 amide bonds. The van der Waals surface area contributed by atoms with Gasteiger partial charge in [0.1, 0.15) is 5.75 Å². The Labute approximate surface area is 182 Å². The van der Waals surface area contributed by atoms with Crippen LogP contribution in [0.3, 0.4) is 0 Å². The first kappa shape index (κ1) is 20.9. The Kier molecular flexibility index (Phi) is 6.21. The van der Waals surface area contributed by atoms with Crippen LogP contribution < -0.4 is 9.47 Å². The van der Waals surface area contributed by atoms with Crippen molar-refractivity contribution >= 4 is 5.97 Å². The summed E-state index contributed by atoms with van der Waals surface area (Å²) >= 11 is 0. The molecule has 3 aromatic rings. The van der Waals surface area contributed by atoms with Crippen LogP contribution in [0.4, 0.5) is 0 Å². The summed E-state index contributed by atoms with van der Waals surface area (Å²) in [5, 5.41) is 9.49. The number of methoxy groups -OCH3 is 1. The molecule has 1 aromatic heterocycles. The largest absolute Gasteiger partial charge is 0.493 e. The summed E-state index contributed by atoms with van der Waals surface area (Å²) in [6.45, 7) is 0.585. The fourth-order valence-electron chi connectivity index (χ4n) is 3.99. The predicted octanol–water partition coefficient (Wildman–Crippen LogP) is 5.18. The van der Waals surface area contributed by atoms with Crippen molar-refractivity contribution in [1.82, 2.24) is 4.98 Å².